The Labute approximate surface area is 175 Å². The van der Waals surface area contributed by atoms with Crippen molar-refractivity contribution in [3.63, 3.8) is 0 Å². The lowest BCUT2D eigenvalue weighted by molar-refractivity contribution is -0.124. The molecule has 1 aromatic carbocycles. The highest BCUT2D eigenvalue weighted by Gasteiger charge is 2.22. The third-order valence-electron chi connectivity index (χ3n) is 5.68. The molecule has 0 saturated heterocycles. The van der Waals surface area contributed by atoms with E-state index in [-0.39, 0.29) is 11.5 Å². The fourth-order valence-electron chi connectivity index (χ4n) is 4.01. The van der Waals surface area contributed by atoms with E-state index in [4.69, 9.17) is 4.74 Å². The van der Waals surface area contributed by atoms with Crippen LogP contribution in [0.5, 0.6) is 5.75 Å². The molecule has 0 aliphatic heterocycles. The number of nitrogens with one attached hydrogen (secondary N) is 1. The Bertz CT molecular complexity index is 1140. The predicted molar refractivity (Wildman–Crippen MR) is 115 cm³/mol. The Morgan fingerprint density at radius 1 is 1.27 bits per heavy atom. The van der Waals surface area contributed by atoms with Crippen molar-refractivity contribution in [1.29, 1.82) is 0 Å². The lowest BCUT2D eigenvalue weighted by Gasteiger charge is -2.19. The molecule has 0 fully saturated rings. The van der Waals surface area contributed by atoms with E-state index in [1.54, 1.807) is 7.11 Å². The van der Waals surface area contributed by atoms with E-state index in [9.17, 15) is 9.59 Å². The topological polar surface area (TPSA) is 86.1 Å². The van der Waals surface area contributed by atoms with Crippen LogP contribution in [0, 0.1) is 0 Å². The molecular formula is C23H26N4O3. The van der Waals surface area contributed by atoms with E-state index in [0.29, 0.717) is 24.0 Å². The fraction of sp³-hybridized carbons (Fsp3) is 0.391. The number of rotatable bonds is 6. The van der Waals surface area contributed by atoms with Gasteiger partial charge in [0.25, 0.3) is 5.56 Å². The molecule has 1 atom stereocenters. The smallest absolute Gasteiger partial charge is 0.263 e. The van der Waals surface area contributed by atoms with Crippen molar-refractivity contribution in [3.05, 3.63) is 63.8 Å². The Balaban J connectivity index is 1.59. The van der Waals surface area contributed by atoms with Crippen molar-refractivity contribution in [2.75, 3.05) is 7.11 Å². The second kappa shape index (κ2) is 8.65. The molecule has 4 rings (SSSR count). The summed E-state index contributed by atoms with van der Waals surface area (Å²) in [6.07, 6.45) is 6.03. The number of aryl methyl sites for hydroxylation is 2. The molecule has 0 radical (unpaired) electrons. The molecule has 30 heavy (non-hydrogen) atoms. The molecule has 1 aliphatic carbocycles. The van der Waals surface area contributed by atoms with Crippen LogP contribution in [0.4, 0.5) is 0 Å². The molecule has 0 bridgehead atoms. The van der Waals surface area contributed by atoms with Gasteiger partial charge in [-0.2, -0.15) is 0 Å². The minimum absolute atomic E-state index is 0.213. The van der Waals surface area contributed by atoms with E-state index in [1.165, 1.54) is 10.9 Å². The fourth-order valence-corrected chi connectivity index (χ4v) is 4.01. The molecule has 2 aromatic heterocycles. The van der Waals surface area contributed by atoms with Gasteiger partial charge in [0.2, 0.25) is 5.91 Å². The van der Waals surface area contributed by atoms with Crippen LogP contribution in [-0.4, -0.2) is 27.6 Å². The van der Waals surface area contributed by atoms with Crippen molar-refractivity contribution in [2.24, 2.45) is 0 Å². The van der Waals surface area contributed by atoms with E-state index >= 15 is 0 Å². The maximum Gasteiger partial charge on any atom is 0.263 e. The predicted octanol–water partition coefficient (Wildman–Crippen LogP) is 2.95. The minimum Gasteiger partial charge on any atom is -0.497 e. The summed E-state index contributed by atoms with van der Waals surface area (Å²) in [7, 11) is 1.61. The normalized spacial score (nSPS) is 14.2. The average Bonchev–Trinajstić information content (AvgIpc) is 2.78. The van der Waals surface area contributed by atoms with Crippen LogP contribution >= 0.6 is 0 Å². The zero-order chi connectivity index (χ0) is 21.1. The summed E-state index contributed by atoms with van der Waals surface area (Å²) >= 11 is 0. The van der Waals surface area contributed by atoms with E-state index in [2.05, 4.69) is 15.3 Å². The molecule has 1 aliphatic rings. The van der Waals surface area contributed by atoms with Crippen molar-refractivity contribution in [2.45, 2.75) is 51.6 Å². The van der Waals surface area contributed by atoms with Gasteiger partial charge in [0.05, 0.1) is 12.5 Å². The lowest BCUT2D eigenvalue weighted by Crippen LogP contribution is -2.37. The first-order chi connectivity index (χ1) is 14.6. The maximum absolute atomic E-state index is 13.2. The number of methoxy groups -OCH3 is 1. The quantitative estimate of drug-likeness (QED) is 0.680. The van der Waals surface area contributed by atoms with Crippen LogP contribution in [0.1, 0.15) is 49.0 Å². The van der Waals surface area contributed by atoms with Gasteiger partial charge in [-0.05, 0) is 61.4 Å². The number of amides is 1. The van der Waals surface area contributed by atoms with Crippen LogP contribution in [0.2, 0.25) is 0 Å². The number of aromatic nitrogens is 3. The van der Waals surface area contributed by atoms with Crippen molar-refractivity contribution in [1.82, 2.24) is 19.9 Å². The van der Waals surface area contributed by atoms with Crippen molar-refractivity contribution >= 4 is 16.9 Å². The average molecular weight is 406 g/mol. The van der Waals surface area contributed by atoms with Crippen molar-refractivity contribution < 1.29 is 9.53 Å². The highest BCUT2D eigenvalue weighted by Crippen LogP contribution is 2.22. The lowest BCUT2D eigenvalue weighted by atomic mass is 9.95. The van der Waals surface area contributed by atoms with Gasteiger partial charge in [0.1, 0.15) is 18.1 Å². The standard InChI is InChI=1S/C23H26N4O3/c1-3-20(22(28)24-13-15-7-6-9-17(11-15)30-2)27-14-25-21-18(23(27)29)12-16-8-4-5-10-19(16)26-21/h6-7,9,11-12,14,20H,3-5,8,10,13H2,1-2H3,(H,24,28)/t20-/m0/s1. The van der Waals surface area contributed by atoms with Gasteiger partial charge in [-0.15, -0.1) is 0 Å². The van der Waals surface area contributed by atoms with Gasteiger partial charge in [-0.25, -0.2) is 9.97 Å². The number of ether oxygens (including phenoxy) is 1. The molecule has 7 nitrogen and oxygen atoms in total. The second-order valence-electron chi connectivity index (χ2n) is 7.62. The zero-order valence-corrected chi connectivity index (χ0v) is 17.4. The Morgan fingerprint density at radius 2 is 2.10 bits per heavy atom. The summed E-state index contributed by atoms with van der Waals surface area (Å²) in [4.78, 5) is 35.0. The number of pyridine rings is 1. The summed E-state index contributed by atoms with van der Waals surface area (Å²) in [6, 6.07) is 8.82. The first-order valence-corrected chi connectivity index (χ1v) is 10.4. The molecule has 1 N–H and O–H groups in total. The Morgan fingerprint density at radius 3 is 2.90 bits per heavy atom. The largest absolute Gasteiger partial charge is 0.497 e. The number of nitrogens with zero attached hydrogens (tertiary/aromatic N) is 3. The van der Waals surface area contributed by atoms with E-state index < -0.39 is 6.04 Å². The SMILES string of the molecule is CC[C@@H](C(=O)NCc1cccc(OC)c1)n1cnc2nc3c(cc2c1=O)CCCC3. The van der Waals surface area contributed by atoms with Crippen LogP contribution in [0.25, 0.3) is 11.0 Å². The molecule has 2 heterocycles. The van der Waals surface area contributed by atoms with Gasteiger partial charge in [-0.3, -0.25) is 14.2 Å². The van der Waals surface area contributed by atoms with Gasteiger partial charge < -0.3 is 10.1 Å². The van der Waals surface area contributed by atoms with Gasteiger partial charge >= 0.3 is 0 Å². The van der Waals surface area contributed by atoms with Crippen LogP contribution in [0.15, 0.2) is 41.5 Å². The first-order valence-electron chi connectivity index (χ1n) is 10.4. The molecule has 0 saturated carbocycles. The van der Waals surface area contributed by atoms with Gasteiger partial charge in [0, 0.05) is 12.2 Å². The summed E-state index contributed by atoms with van der Waals surface area (Å²) < 4.78 is 6.65. The number of carbonyl (C=O) groups excluding carboxylic acids is 1. The molecular weight excluding hydrogens is 380 g/mol. The highest BCUT2D eigenvalue weighted by molar-refractivity contribution is 5.81. The molecule has 156 valence electrons. The highest BCUT2D eigenvalue weighted by atomic mass is 16.5. The van der Waals surface area contributed by atoms with Gasteiger partial charge in [0.15, 0.2) is 5.65 Å². The van der Waals surface area contributed by atoms with Crippen LogP contribution < -0.4 is 15.6 Å². The third kappa shape index (κ3) is 3.92. The van der Waals surface area contributed by atoms with Crippen LogP contribution in [0.3, 0.4) is 0 Å². The monoisotopic (exact) mass is 406 g/mol. The molecule has 7 heteroatoms. The third-order valence-corrected chi connectivity index (χ3v) is 5.68. The number of hydrogen-bond donors (Lipinski definition) is 1. The molecule has 0 unspecified atom stereocenters. The van der Waals surface area contributed by atoms with E-state index in [1.807, 2.05) is 37.3 Å². The van der Waals surface area contributed by atoms with E-state index in [0.717, 1.165) is 48.3 Å². The number of hydrogen-bond acceptors (Lipinski definition) is 5. The zero-order valence-electron chi connectivity index (χ0n) is 17.4. The number of benzene rings is 1. The Hall–Kier alpha value is -3.22. The molecule has 3 aromatic rings. The number of fused-ring (bicyclic) bond motifs is 2. The summed E-state index contributed by atoms with van der Waals surface area (Å²) in [5, 5.41) is 3.41. The number of carbonyl (C=O) groups is 1. The summed E-state index contributed by atoms with van der Waals surface area (Å²) in [5.41, 5.74) is 3.34. The first kappa shape index (κ1) is 20.1. The van der Waals surface area contributed by atoms with Crippen molar-refractivity contribution in [3.8, 4) is 5.75 Å². The summed E-state index contributed by atoms with van der Waals surface area (Å²) in [5.74, 6) is 0.522. The second-order valence-corrected chi connectivity index (χ2v) is 7.62. The molecule has 1 amide bonds. The molecule has 0 spiro atoms. The Kier molecular flexibility index (Phi) is 5.79. The minimum atomic E-state index is -0.629. The van der Waals surface area contributed by atoms with Gasteiger partial charge in [-0.1, -0.05) is 19.1 Å². The summed E-state index contributed by atoms with van der Waals surface area (Å²) in [6.45, 7) is 2.24. The maximum atomic E-state index is 13.2. The van der Waals surface area contributed by atoms with Crippen LogP contribution in [-0.2, 0) is 24.2 Å².